The summed E-state index contributed by atoms with van der Waals surface area (Å²) in [7, 11) is 0. The number of carboxylic acid groups (broad SMARTS) is 1. The largest absolute Gasteiger partial charge is 0.481 e. The maximum Gasteiger partial charge on any atom is 0.387 e. The molecule has 37 heavy (non-hydrogen) atoms. The Labute approximate surface area is 211 Å². The van der Waals surface area contributed by atoms with Gasteiger partial charge in [-0.3, -0.25) is 4.79 Å². The summed E-state index contributed by atoms with van der Waals surface area (Å²) in [5.74, 6) is 0.183. The van der Waals surface area contributed by atoms with E-state index in [1.165, 1.54) is 0 Å². The van der Waals surface area contributed by atoms with Crippen molar-refractivity contribution in [1.29, 1.82) is 0 Å². The van der Waals surface area contributed by atoms with Gasteiger partial charge in [0.25, 0.3) is 0 Å². The number of rotatable bonds is 7. The Balaban J connectivity index is 1.28. The van der Waals surface area contributed by atoms with E-state index in [0.29, 0.717) is 31.0 Å². The standard InChI is InChI=1S/C27H25F2N5O3/c1-14-7-23-32-15(2)21(8-16-5-3-4-6-22(16)37-26(28)29)34(23)13-18(14)17-9-30-27(31-10-17)33-11-19-20(12-33)24(19)25(35)36/h3-7,9-10,13,19-20,24,26H,8,11-12H2,1-2H3,(H,35,36). The van der Waals surface area contributed by atoms with Crippen molar-refractivity contribution in [2.45, 2.75) is 26.9 Å². The zero-order valence-corrected chi connectivity index (χ0v) is 20.3. The lowest BCUT2D eigenvalue weighted by molar-refractivity contribution is -0.139. The van der Waals surface area contributed by atoms with Crippen LogP contribution >= 0.6 is 0 Å². The van der Waals surface area contributed by atoms with Crippen molar-refractivity contribution in [3.05, 3.63) is 71.4 Å². The topological polar surface area (TPSA) is 92.9 Å². The predicted molar refractivity (Wildman–Crippen MR) is 132 cm³/mol. The van der Waals surface area contributed by atoms with Crippen LogP contribution in [0.1, 0.15) is 22.5 Å². The van der Waals surface area contributed by atoms with Gasteiger partial charge in [0.15, 0.2) is 0 Å². The number of aliphatic carboxylic acids is 1. The molecule has 2 fully saturated rings. The van der Waals surface area contributed by atoms with Crippen molar-refractivity contribution in [2.75, 3.05) is 18.0 Å². The lowest BCUT2D eigenvalue weighted by Gasteiger charge is -2.19. The van der Waals surface area contributed by atoms with Gasteiger partial charge in [-0.1, -0.05) is 18.2 Å². The molecule has 1 aromatic carbocycles. The minimum Gasteiger partial charge on any atom is -0.481 e. The molecule has 8 nitrogen and oxygen atoms in total. The average Bonchev–Trinajstić information content (AvgIpc) is 3.22. The molecule has 0 spiro atoms. The number of hydrogen-bond acceptors (Lipinski definition) is 6. The molecule has 2 unspecified atom stereocenters. The van der Waals surface area contributed by atoms with E-state index in [4.69, 9.17) is 4.74 Å². The number of aromatic nitrogens is 4. The summed E-state index contributed by atoms with van der Waals surface area (Å²) >= 11 is 0. The van der Waals surface area contributed by atoms with Crippen molar-refractivity contribution in [1.82, 2.24) is 19.4 Å². The van der Waals surface area contributed by atoms with Crippen LogP contribution in [0, 0.1) is 31.6 Å². The third-order valence-corrected chi connectivity index (χ3v) is 7.52. The second kappa shape index (κ2) is 8.79. The van der Waals surface area contributed by atoms with Gasteiger partial charge in [0.1, 0.15) is 11.4 Å². The summed E-state index contributed by atoms with van der Waals surface area (Å²) in [6.07, 6.45) is 5.93. The molecule has 1 N–H and O–H groups in total. The normalized spacial score (nSPS) is 20.5. The number of ether oxygens (including phenoxy) is 1. The first-order valence-corrected chi connectivity index (χ1v) is 12.1. The number of carboxylic acids is 1. The lowest BCUT2D eigenvalue weighted by Crippen LogP contribution is -2.27. The Morgan fingerprint density at radius 3 is 2.54 bits per heavy atom. The van der Waals surface area contributed by atoms with Gasteiger partial charge in [-0.2, -0.15) is 8.78 Å². The van der Waals surface area contributed by atoms with E-state index in [1.54, 1.807) is 36.7 Å². The third kappa shape index (κ3) is 4.16. The number of imidazole rings is 1. The molecule has 0 radical (unpaired) electrons. The summed E-state index contributed by atoms with van der Waals surface area (Å²) in [6.45, 7) is 2.34. The number of piperidine rings is 1. The van der Waals surface area contributed by atoms with Crippen molar-refractivity contribution in [3.63, 3.8) is 0 Å². The Morgan fingerprint density at radius 2 is 1.86 bits per heavy atom. The molecule has 2 aliphatic rings. The summed E-state index contributed by atoms with van der Waals surface area (Å²) < 4.78 is 32.5. The second-order valence-electron chi connectivity index (χ2n) is 9.77. The smallest absolute Gasteiger partial charge is 0.387 e. The lowest BCUT2D eigenvalue weighted by atomic mass is 10.1. The molecule has 10 heteroatoms. The van der Waals surface area contributed by atoms with Gasteiger partial charge >= 0.3 is 12.6 Å². The number of fused-ring (bicyclic) bond motifs is 2. The van der Waals surface area contributed by atoms with Crippen LogP contribution in [0.3, 0.4) is 0 Å². The van der Waals surface area contributed by atoms with E-state index in [-0.39, 0.29) is 23.5 Å². The van der Waals surface area contributed by atoms with Crippen molar-refractivity contribution >= 4 is 17.6 Å². The fourth-order valence-corrected chi connectivity index (χ4v) is 5.59. The van der Waals surface area contributed by atoms with E-state index in [9.17, 15) is 18.7 Å². The number of pyridine rings is 1. The molecule has 1 aliphatic heterocycles. The molecule has 4 aromatic rings. The highest BCUT2D eigenvalue weighted by Gasteiger charge is 2.60. The van der Waals surface area contributed by atoms with Gasteiger partial charge in [0.05, 0.1) is 11.6 Å². The Hall–Kier alpha value is -4.08. The number of halogens is 2. The van der Waals surface area contributed by atoms with Crippen LogP contribution in [0.5, 0.6) is 5.75 Å². The number of benzene rings is 1. The van der Waals surface area contributed by atoms with Crippen LogP contribution in [0.15, 0.2) is 48.9 Å². The van der Waals surface area contributed by atoms with Crippen molar-refractivity contribution in [3.8, 4) is 16.9 Å². The maximum atomic E-state index is 12.9. The highest BCUT2D eigenvalue weighted by Crippen LogP contribution is 2.52. The van der Waals surface area contributed by atoms with Gasteiger partial charge in [-0.15, -0.1) is 0 Å². The Bertz CT molecular complexity index is 1490. The zero-order valence-electron chi connectivity index (χ0n) is 20.3. The SMILES string of the molecule is Cc1cc2nc(C)c(Cc3ccccc3OC(F)F)n2cc1-c1cnc(N2CC3C(C2)C3C(=O)O)nc1. The average molecular weight is 506 g/mol. The number of para-hydroxylation sites is 1. The number of carbonyl (C=O) groups is 1. The molecule has 4 heterocycles. The van der Waals surface area contributed by atoms with E-state index in [1.807, 2.05) is 35.4 Å². The number of alkyl halides is 2. The number of hydrogen-bond donors (Lipinski definition) is 1. The van der Waals surface area contributed by atoms with Crippen LogP contribution in [0.2, 0.25) is 0 Å². The summed E-state index contributed by atoms with van der Waals surface area (Å²) in [5.41, 5.74) is 5.89. The second-order valence-corrected chi connectivity index (χ2v) is 9.77. The summed E-state index contributed by atoms with van der Waals surface area (Å²) in [6, 6.07) is 8.77. The molecule has 2 atom stereocenters. The minimum absolute atomic E-state index is 0.150. The molecule has 190 valence electrons. The van der Waals surface area contributed by atoms with Crippen LogP contribution in [-0.4, -0.2) is 50.1 Å². The Morgan fingerprint density at radius 1 is 1.16 bits per heavy atom. The van der Waals surface area contributed by atoms with Crippen molar-refractivity contribution in [2.24, 2.45) is 17.8 Å². The van der Waals surface area contributed by atoms with Gasteiger partial charge in [0, 0.05) is 60.5 Å². The fourth-order valence-electron chi connectivity index (χ4n) is 5.59. The van der Waals surface area contributed by atoms with Gasteiger partial charge in [-0.05, 0) is 43.4 Å². The molecule has 0 amide bonds. The number of nitrogens with zero attached hydrogens (tertiary/aromatic N) is 5. The Kier molecular flexibility index (Phi) is 5.54. The zero-order chi connectivity index (χ0) is 25.8. The predicted octanol–water partition coefficient (Wildman–Crippen LogP) is 4.37. The molecule has 1 saturated heterocycles. The highest BCUT2D eigenvalue weighted by atomic mass is 19.3. The van der Waals surface area contributed by atoms with E-state index in [2.05, 4.69) is 15.0 Å². The van der Waals surface area contributed by atoms with E-state index >= 15 is 0 Å². The summed E-state index contributed by atoms with van der Waals surface area (Å²) in [4.78, 5) is 27.1. The van der Waals surface area contributed by atoms with Crippen LogP contribution in [0.4, 0.5) is 14.7 Å². The van der Waals surface area contributed by atoms with Crippen LogP contribution in [-0.2, 0) is 11.2 Å². The minimum atomic E-state index is -2.90. The monoisotopic (exact) mass is 505 g/mol. The third-order valence-electron chi connectivity index (χ3n) is 7.52. The summed E-state index contributed by atoms with van der Waals surface area (Å²) in [5, 5.41) is 9.24. The van der Waals surface area contributed by atoms with Crippen molar-refractivity contribution < 1.29 is 23.4 Å². The van der Waals surface area contributed by atoms with Gasteiger partial charge in [-0.25, -0.2) is 15.0 Å². The molecular weight excluding hydrogens is 480 g/mol. The highest BCUT2D eigenvalue weighted by molar-refractivity contribution is 5.75. The molecular formula is C27H25F2N5O3. The molecule has 1 aliphatic carbocycles. The molecule has 6 rings (SSSR count). The van der Waals surface area contributed by atoms with Gasteiger partial charge in [0.2, 0.25) is 5.95 Å². The number of aryl methyl sites for hydroxylation is 2. The number of anilines is 1. The molecule has 1 saturated carbocycles. The first-order valence-electron chi connectivity index (χ1n) is 12.1. The van der Waals surface area contributed by atoms with E-state index < -0.39 is 12.6 Å². The van der Waals surface area contributed by atoms with Crippen LogP contribution < -0.4 is 9.64 Å². The molecule has 0 bridgehead atoms. The fraction of sp³-hybridized carbons (Fsp3) is 0.333. The van der Waals surface area contributed by atoms with Crippen LogP contribution in [0.25, 0.3) is 16.8 Å². The van der Waals surface area contributed by atoms with Gasteiger partial charge < -0.3 is 19.1 Å². The van der Waals surface area contributed by atoms with E-state index in [0.717, 1.165) is 33.7 Å². The maximum absolute atomic E-state index is 12.9. The first-order chi connectivity index (χ1) is 17.8. The quantitative estimate of drug-likeness (QED) is 0.399. The first kappa shape index (κ1) is 23.3. The molecule has 3 aromatic heterocycles.